The van der Waals surface area contributed by atoms with Gasteiger partial charge in [0.05, 0.1) is 0 Å². The van der Waals surface area contributed by atoms with Crippen LogP contribution in [-0.4, -0.2) is 16.2 Å². The lowest BCUT2D eigenvalue weighted by molar-refractivity contribution is 0.0694. The zero-order chi connectivity index (χ0) is 13.1. The number of benzene rings is 2. The fraction of sp³-hybridized carbons (Fsp3) is 0. The van der Waals surface area contributed by atoms with Crippen LogP contribution < -0.4 is 4.74 Å². The fourth-order valence-electron chi connectivity index (χ4n) is 1.42. The van der Waals surface area contributed by atoms with Crippen LogP contribution >= 0.6 is 11.6 Å². The average Bonchev–Trinajstić information content (AvgIpc) is 2.32. The van der Waals surface area contributed by atoms with Gasteiger partial charge in [-0.3, -0.25) is 0 Å². The summed E-state index contributed by atoms with van der Waals surface area (Å²) < 4.78 is 5.37. The molecule has 0 unspecified atom stereocenters. The molecular weight excluding hydrogens is 256 g/mol. The topological polar surface area (TPSA) is 66.8 Å². The zero-order valence-corrected chi connectivity index (χ0v) is 9.89. The van der Waals surface area contributed by atoms with Gasteiger partial charge in [-0.05, 0) is 24.3 Å². The van der Waals surface area contributed by atoms with Gasteiger partial charge < -0.3 is 14.9 Å². The summed E-state index contributed by atoms with van der Waals surface area (Å²) in [5, 5.41) is 18.9. The molecule has 0 amide bonds. The number of ether oxygens (including phenoxy) is 1. The molecule has 2 aromatic rings. The van der Waals surface area contributed by atoms with Gasteiger partial charge in [0.1, 0.15) is 11.3 Å². The van der Waals surface area contributed by atoms with Gasteiger partial charge in [-0.25, -0.2) is 4.79 Å². The summed E-state index contributed by atoms with van der Waals surface area (Å²) in [4.78, 5) is 11.0. The van der Waals surface area contributed by atoms with Crippen LogP contribution in [0.25, 0.3) is 0 Å². The maximum atomic E-state index is 11.0. The number of hydrogen-bond donors (Lipinski definition) is 2. The molecule has 5 heteroatoms. The number of halogens is 1. The van der Waals surface area contributed by atoms with Gasteiger partial charge in [-0.15, -0.1) is 0 Å². The van der Waals surface area contributed by atoms with E-state index in [0.29, 0.717) is 5.02 Å². The number of hydrogen-bond acceptors (Lipinski definition) is 3. The Hall–Kier alpha value is -2.20. The minimum absolute atomic E-state index is 0.0253. The second-order valence-electron chi connectivity index (χ2n) is 3.52. The highest BCUT2D eigenvalue weighted by Gasteiger charge is 2.13. The number of para-hydroxylation sites is 2. The Labute approximate surface area is 108 Å². The van der Waals surface area contributed by atoms with E-state index >= 15 is 0 Å². The first-order valence-electron chi connectivity index (χ1n) is 5.06. The summed E-state index contributed by atoms with van der Waals surface area (Å²) in [5.41, 5.74) is -0.0253. The van der Waals surface area contributed by atoms with Crippen LogP contribution in [0.15, 0.2) is 42.5 Å². The number of carboxylic acid groups (broad SMARTS) is 1. The van der Waals surface area contributed by atoms with E-state index in [0.717, 1.165) is 0 Å². The third kappa shape index (κ3) is 2.55. The lowest BCUT2D eigenvalue weighted by Gasteiger charge is -2.10. The molecule has 0 heterocycles. The Bertz CT molecular complexity index is 595. The van der Waals surface area contributed by atoms with Gasteiger partial charge in [0.15, 0.2) is 11.5 Å². The van der Waals surface area contributed by atoms with Crippen molar-refractivity contribution in [1.29, 1.82) is 0 Å². The summed E-state index contributed by atoms with van der Waals surface area (Å²) >= 11 is 5.79. The van der Waals surface area contributed by atoms with Crippen molar-refractivity contribution in [3.05, 3.63) is 53.1 Å². The van der Waals surface area contributed by atoms with Crippen LogP contribution in [0.3, 0.4) is 0 Å². The lowest BCUT2D eigenvalue weighted by atomic mass is 10.2. The molecule has 0 bridgehead atoms. The molecule has 0 aliphatic rings. The van der Waals surface area contributed by atoms with Crippen LogP contribution in [0.1, 0.15) is 10.4 Å². The Morgan fingerprint density at radius 2 is 1.83 bits per heavy atom. The van der Waals surface area contributed by atoms with Crippen molar-refractivity contribution in [1.82, 2.24) is 0 Å². The first-order chi connectivity index (χ1) is 8.58. The molecule has 0 spiro atoms. The first kappa shape index (κ1) is 12.3. The molecule has 0 aromatic heterocycles. The lowest BCUT2D eigenvalue weighted by Crippen LogP contribution is -1.99. The Morgan fingerprint density at radius 3 is 2.50 bits per heavy atom. The second-order valence-corrected chi connectivity index (χ2v) is 3.95. The van der Waals surface area contributed by atoms with Crippen molar-refractivity contribution >= 4 is 17.6 Å². The Kier molecular flexibility index (Phi) is 3.39. The van der Waals surface area contributed by atoms with Crippen molar-refractivity contribution < 1.29 is 19.7 Å². The van der Waals surface area contributed by atoms with E-state index in [4.69, 9.17) is 21.4 Å². The molecule has 18 heavy (non-hydrogen) atoms. The van der Waals surface area contributed by atoms with Gasteiger partial charge in [-0.2, -0.15) is 0 Å². The normalized spacial score (nSPS) is 10.1. The Morgan fingerprint density at radius 1 is 1.11 bits per heavy atom. The highest BCUT2D eigenvalue weighted by Crippen LogP contribution is 2.33. The van der Waals surface area contributed by atoms with E-state index in [2.05, 4.69) is 0 Å². The molecule has 0 atom stereocenters. The average molecular weight is 265 g/mol. The smallest absolute Gasteiger partial charge is 0.339 e. The molecule has 0 radical (unpaired) electrons. The third-order valence-electron chi connectivity index (χ3n) is 2.26. The van der Waals surface area contributed by atoms with E-state index < -0.39 is 5.97 Å². The number of aromatic hydroxyl groups is 1. The predicted octanol–water partition coefficient (Wildman–Crippen LogP) is 3.54. The van der Waals surface area contributed by atoms with Gasteiger partial charge >= 0.3 is 5.97 Å². The van der Waals surface area contributed by atoms with Gasteiger partial charge in [-0.1, -0.05) is 23.7 Å². The molecule has 0 saturated heterocycles. The molecule has 0 aliphatic carbocycles. The SMILES string of the molecule is O=C(O)c1ccc(Cl)cc1Oc1ccccc1O. The van der Waals surface area contributed by atoms with Crippen LogP contribution in [0.4, 0.5) is 0 Å². The highest BCUT2D eigenvalue weighted by atomic mass is 35.5. The molecule has 0 fully saturated rings. The van der Waals surface area contributed by atoms with E-state index in [1.165, 1.54) is 30.3 Å². The summed E-state index contributed by atoms with van der Waals surface area (Å²) in [7, 11) is 0. The van der Waals surface area contributed by atoms with E-state index in [1.54, 1.807) is 12.1 Å². The minimum Gasteiger partial charge on any atom is -0.504 e. The number of phenols is 1. The maximum Gasteiger partial charge on any atom is 0.339 e. The predicted molar refractivity (Wildman–Crippen MR) is 66.6 cm³/mol. The van der Waals surface area contributed by atoms with Crippen molar-refractivity contribution in [3.8, 4) is 17.2 Å². The van der Waals surface area contributed by atoms with Crippen molar-refractivity contribution in [2.24, 2.45) is 0 Å². The van der Waals surface area contributed by atoms with Crippen LogP contribution in [0, 0.1) is 0 Å². The number of carbonyl (C=O) groups is 1. The van der Waals surface area contributed by atoms with Crippen LogP contribution in [-0.2, 0) is 0 Å². The molecule has 4 nitrogen and oxygen atoms in total. The standard InChI is InChI=1S/C13H9ClO4/c14-8-5-6-9(13(16)17)12(7-8)18-11-4-2-1-3-10(11)15/h1-7,15H,(H,16,17). The number of carboxylic acids is 1. The number of rotatable bonds is 3. The summed E-state index contributed by atoms with van der Waals surface area (Å²) in [6.45, 7) is 0. The highest BCUT2D eigenvalue weighted by molar-refractivity contribution is 6.30. The monoisotopic (exact) mass is 264 g/mol. The quantitative estimate of drug-likeness (QED) is 0.890. The molecular formula is C13H9ClO4. The van der Waals surface area contributed by atoms with Crippen LogP contribution in [0.5, 0.6) is 17.2 Å². The zero-order valence-electron chi connectivity index (χ0n) is 9.13. The van der Waals surface area contributed by atoms with Crippen molar-refractivity contribution in [2.45, 2.75) is 0 Å². The molecule has 2 rings (SSSR count). The minimum atomic E-state index is -1.13. The molecule has 2 aromatic carbocycles. The third-order valence-corrected chi connectivity index (χ3v) is 2.49. The largest absolute Gasteiger partial charge is 0.504 e. The molecule has 92 valence electrons. The van der Waals surface area contributed by atoms with E-state index in [9.17, 15) is 9.90 Å². The summed E-state index contributed by atoms with van der Waals surface area (Å²) in [6, 6.07) is 10.5. The first-order valence-corrected chi connectivity index (χ1v) is 5.44. The van der Waals surface area contributed by atoms with Crippen LogP contribution in [0.2, 0.25) is 5.02 Å². The molecule has 2 N–H and O–H groups in total. The fourth-order valence-corrected chi connectivity index (χ4v) is 1.58. The maximum absolute atomic E-state index is 11.0. The summed E-state index contributed by atoms with van der Waals surface area (Å²) in [5.74, 6) is -0.954. The van der Waals surface area contributed by atoms with Crippen molar-refractivity contribution in [3.63, 3.8) is 0 Å². The number of aromatic carboxylic acids is 1. The van der Waals surface area contributed by atoms with Gasteiger partial charge in [0, 0.05) is 11.1 Å². The molecule has 0 saturated carbocycles. The van der Waals surface area contributed by atoms with Crippen molar-refractivity contribution in [2.75, 3.05) is 0 Å². The van der Waals surface area contributed by atoms with E-state index in [-0.39, 0.29) is 22.8 Å². The summed E-state index contributed by atoms with van der Waals surface area (Å²) in [6.07, 6.45) is 0. The number of phenolic OH excluding ortho intramolecular Hbond substituents is 1. The Balaban J connectivity index is 2.42. The van der Waals surface area contributed by atoms with Gasteiger partial charge in [0.25, 0.3) is 0 Å². The van der Waals surface area contributed by atoms with E-state index in [1.807, 2.05) is 0 Å². The second kappa shape index (κ2) is 4.98. The molecule has 0 aliphatic heterocycles. The van der Waals surface area contributed by atoms with Gasteiger partial charge in [0.2, 0.25) is 0 Å².